The van der Waals surface area contributed by atoms with Crippen LogP contribution < -0.4 is 5.32 Å². The van der Waals surface area contributed by atoms with Crippen LogP contribution in [0.1, 0.15) is 31.3 Å². The van der Waals surface area contributed by atoms with Gasteiger partial charge < -0.3 is 10.2 Å². The van der Waals surface area contributed by atoms with E-state index in [1.165, 1.54) is 22.9 Å². The number of benzene rings is 1. The van der Waals surface area contributed by atoms with Crippen molar-refractivity contribution >= 4 is 6.03 Å². The molecule has 1 unspecified atom stereocenters. The van der Waals surface area contributed by atoms with E-state index in [1.54, 1.807) is 7.05 Å². The Kier molecular flexibility index (Phi) is 6.28. The van der Waals surface area contributed by atoms with E-state index in [-0.39, 0.29) is 24.4 Å². The Balaban J connectivity index is 1.81. The predicted octanol–water partition coefficient (Wildman–Crippen LogP) is 3.44. The van der Waals surface area contributed by atoms with Crippen LogP contribution in [-0.4, -0.2) is 33.6 Å². The van der Waals surface area contributed by atoms with Crippen LogP contribution in [0, 0.1) is 0 Å². The molecule has 0 bridgehead atoms. The fourth-order valence-corrected chi connectivity index (χ4v) is 2.35. The van der Waals surface area contributed by atoms with Gasteiger partial charge in [0.25, 0.3) is 0 Å². The number of carbonyl (C=O) groups is 1. The minimum absolute atomic E-state index is 0.0185. The first-order valence-electron chi connectivity index (χ1n) is 7.82. The highest BCUT2D eigenvalue weighted by molar-refractivity contribution is 5.74. The normalized spacial score (nSPS) is 12.2. The molecule has 0 aliphatic rings. The number of amides is 2. The van der Waals surface area contributed by atoms with Crippen molar-refractivity contribution in [1.82, 2.24) is 19.8 Å². The first-order chi connectivity index (χ1) is 11.5. The topological polar surface area (TPSA) is 50.2 Å². The number of aryl methyl sites for hydroxylation is 1. The van der Waals surface area contributed by atoms with Gasteiger partial charge in [-0.2, -0.15) is 8.78 Å². The second kappa shape index (κ2) is 8.42. The number of rotatable bonds is 7. The summed E-state index contributed by atoms with van der Waals surface area (Å²) in [5, 5.41) is 2.87. The minimum atomic E-state index is -2.66. The van der Waals surface area contributed by atoms with Gasteiger partial charge in [0.2, 0.25) is 0 Å². The third-order valence-electron chi connectivity index (χ3n) is 3.76. The fourth-order valence-electron chi connectivity index (χ4n) is 2.35. The molecule has 0 fully saturated rings. The van der Waals surface area contributed by atoms with Gasteiger partial charge in [-0.05, 0) is 25.3 Å². The molecule has 1 N–H and O–H groups in total. The predicted molar refractivity (Wildman–Crippen MR) is 87.7 cm³/mol. The standard InChI is InChI=1S/C17H22F2N4O/c1-13(8-9-14-6-4-3-5-7-14)21-17(24)22(2)12-15-20-10-11-23(15)16(18)19/h3-7,10-11,13,16H,8-9,12H2,1-2H3,(H,21,24). The van der Waals surface area contributed by atoms with Gasteiger partial charge in [0.05, 0.1) is 6.54 Å². The van der Waals surface area contributed by atoms with E-state index in [9.17, 15) is 13.6 Å². The van der Waals surface area contributed by atoms with E-state index < -0.39 is 6.55 Å². The molecular weight excluding hydrogens is 314 g/mol. The SMILES string of the molecule is CC(CCc1ccccc1)NC(=O)N(C)Cc1nccn1C(F)F. The summed E-state index contributed by atoms with van der Waals surface area (Å²) in [5.74, 6) is 0.152. The Morgan fingerprint density at radius 1 is 1.33 bits per heavy atom. The molecule has 2 amide bonds. The largest absolute Gasteiger partial charge is 0.336 e. The highest BCUT2D eigenvalue weighted by Crippen LogP contribution is 2.13. The van der Waals surface area contributed by atoms with E-state index in [0.717, 1.165) is 17.4 Å². The third-order valence-corrected chi connectivity index (χ3v) is 3.76. The van der Waals surface area contributed by atoms with E-state index >= 15 is 0 Å². The number of nitrogens with one attached hydrogen (secondary N) is 1. The highest BCUT2D eigenvalue weighted by Gasteiger charge is 2.17. The Morgan fingerprint density at radius 3 is 2.71 bits per heavy atom. The van der Waals surface area contributed by atoms with Crippen molar-refractivity contribution in [2.45, 2.75) is 38.9 Å². The van der Waals surface area contributed by atoms with Crippen LogP contribution >= 0.6 is 0 Å². The molecule has 0 spiro atoms. The second-order valence-corrected chi connectivity index (χ2v) is 5.76. The lowest BCUT2D eigenvalue weighted by Crippen LogP contribution is -2.42. The van der Waals surface area contributed by atoms with Gasteiger partial charge in [0, 0.05) is 25.5 Å². The van der Waals surface area contributed by atoms with Crippen molar-refractivity contribution in [3.63, 3.8) is 0 Å². The van der Waals surface area contributed by atoms with Crippen LogP contribution in [0.5, 0.6) is 0 Å². The molecule has 0 aliphatic heterocycles. The molecule has 2 aromatic rings. The Hall–Kier alpha value is -2.44. The molecule has 7 heteroatoms. The van der Waals surface area contributed by atoms with E-state index in [1.807, 2.05) is 37.3 Å². The van der Waals surface area contributed by atoms with Crippen molar-refractivity contribution in [2.75, 3.05) is 7.05 Å². The van der Waals surface area contributed by atoms with Crippen molar-refractivity contribution in [3.05, 3.63) is 54.1 Å². The van der Waals surface area contributed by atoms with Crippen LogP contribution in [0.3, 0.4) is 0 Å². The maximum Gasteiger partial charge on any atom is 0.319 e. The molecule has 24 heavy (non-hydrogen) atoms. The lowest BCUT2D eigenvalue weighted by molar-refractivity contribution is 0.0650. The van der Waals surface area contributed by atoms with Crippen molar-refractivity contribution in [3.8, 4) is 0 Å². The van der Waals surface area contributed by atoms with Crippen molar-refractivity contribution in [1.29, 1.82) is 0 Å². The van der Waals surface area contributed by atoms with Gasteiger partial charge >= 0.3 is 12.6 Å². The van der Waals surface area contributed by atoms with Crippen LogP contribution in [-0.2, 0) is 13.0 Å². The maximum absolute atomic E-state index is 12.8. The zero-order valence-electron chi connectivity index (χ0n) is 13.8. The Morgan fingerprint density at radius 2 is 2.04 bits per heavy atom. The molecule has 1 aromatic carbocycles. The van der Waals surface area contributed by atoms with Gasteiger partial charge in [0.15, 0.2) is 0 Å². The van der Waals surface area contributed by atoms with Gasteiger partial charge in [-0.3, -0.25) is 4.57 Å². The molecule has 1 aromatic heterocycles. The average molecular weight is 336 g/mol. The van der Waals surface area contributed by atoms with Gasteiger partial charge in [-0.25, -0.2) is 9.78 Å². The van der Waals surface area contributed by atoms with Crippen LogP contribution in [0.2, 0.25) is 0 Å². The summed E-state index contributed by atoms with van der Waals surface area (Å²) in [6, 6.07) is 9.70. The number of carbonyl (C=O) groups excluding carboxylic acids is 1. The van der Waals surface area contributed by atoms with E-state index in [0.29, 0.717) is 0 Å². The number of hydrogen-bond acceptors (Lipinski definition) is 2. The number of alkyl halides is 2. The summed E-state index contributed by atoms with van der Waals surface area (Å²) in [4.78, 5) is 17.4. The van der Waals surface area contributed by atoms with Crippen LogP contribution in [0.15, 0.2) is 42.7 Å². The number of imidazole rings is 1. The van der Waals surface area contributed by atoms with Crippen LogP contribution in [0.4, 0.5) is 13.6 Å². The van der Waals surface area contributed by atoms with Crippen molar-refractivity contribution < 1.29 is 13.6 Å². The molecule has 1 heterocycles. The molecule has 0 saturated carbocycles. The number of nitrogens with zero attached hydrogens (tertiary/aromatic N) is 3. The first-order valence-corrected chi connectivity index (χ1v) is 7.82. The number of halogens is 2. The molecule has 130 valence electrons. The zero-order chi connectivity index (χ0) is 17.5. The Bertz CT molecular complexity index is 645. The monoisotopic (exact) mass is 336 g/mol. The molecule has 2 rings (SSSR count). The van der Waals surface area contributed by atoms with E-state index in [2.05, 4.69) is 10.3 Å². The van der Waals surface area contributed by atoms with E-state index in [4.69, 9.17) is 0 Å². The third kappa shape index (κ3) is 5.04. The molecule has 5 nitrogen and oxygen atoms in total. The average Bonchev–Trinajstić information content (AvgIpc) is 3.02. The Labute approximate surface area is 140 Å². The fraction of sp³-hybridized carbons (Fsp3) is 0.412. The van der Waals surface area contributed by atoms with Crippen molar-refractivity contribution in [2.24, 2.45) is 0 Å². The van der Waals surface area contributed by atoms with Crippen LogP contribution in [0.25, 0.3) is 0 Å². The van der Waals surface area contributed by atoms with Gasteiger partial charge in [0.1, 0.15) is 5.82 Å². The molecule has 0 aliphatic carbocycles. The lowest BCUT2D eigenvalue weighted by atomic mass is 10.1. The molecule has 1 atom stereocenters. The second-order valence-electron chi connectivity index (χ2n) is 5.76. The summed E-state index contributed by atoms with van der Waals surface area (Å²) < 4.78 is 26.3. The smallest absolute Gasteiger partial charge is 0.319 e. The quantitative estimate of drug-likeness (QED) is 0.842. The lowest BCUT2D eigenvalue weighted by Gasteiger charge is -2.21. The summed E-state index contributed by atoms with van der Waals surface area (Å²) in [6.45, 7) is -0.715. The summed E-state index contributed by atoms with van der Waals surface area (Å²) >= 11 is 0. The summed E-state index contributed by atoms with van der Waals surface area (Å²) in [6.07, 6.45) is 4.17. The van der Waals surface area contributed by atoms with Gasteiger partial charge in [-0.1, -0.05) is 30.3 Å². The number of hydrogen-bond donors (Lipinski definition) is 1. The molecule has 0 radical (unpaired) electrons. The summed E-state index contributed by atoms with van der Waals surface area (Å²) in [7, 11) is 1.56. The maximum atomic E-state index is 12.8. The summed E-state index contributed by atoms with van der Waals surface area (Å²) in [5.41, 5.74) is 1.21. The van der Waals surface area contributed by atoms with Gasteiger partial charge in [-0.15, -0.1) is 0 Å². The molecule has 0 saturated heterocycles. The number of aromatic nitrogens is 2. The zero-order valence-corrected chi connectivity index (χ0v) is 13.8. The molecular formula is C17H22F2N4O. The minimum Gasteiger partial charge on any atom is -0.336 e. The number of urea groups is 1. The first kappa shape index (κ1) is 17.9. The highest BCUT2D eigenvalue weighted by atomic mass is 19.3.